The van der Waals surface area contributed by atoms with E-state index in [1.165, 1.54) is 76.5 Å². The number of benzene rings is 12. The van der Waals surface area contributed by atoms with Gasteiger partial charge in [0.05, 0.1) is 0 Å². The van der Waals surface area contributed by atoms with Crippen LogP contribution >= 0.6 is 0 Å². The standard InChI is InChI=1S/C64H41NO/c1-3-14-54-46(11-1)34-39-59-55(17-8-19-58(54)59)47-32-37-52(38-33-47)65(53-13-7-12-50(40-53)57-18-9-21-63-64(57)60-16-5-6-20-62(60)66-63)51-35-30-43(31-36-51)42-22-24-44(25-23-42)49-29-28-48-27-26-45-10-2-4-15-56(45)61(48)41-49/h1-41H. The van der Waals surface area contributed by atoms with Crippen LogP contribution in [0.5, 0.6) is 0 Å². The zero-order valence-corrected chi connectivity index (χ0v) is 36.0. The van der Waals surface area contributed by atoms with E-state index in [4.69, 9.17) is 4.42 Å². The Hall–Kier alpha value is -8.72. The molecule has 308 valence electrons. The summed E-state index contributed by atoms with van der Waals surface area (Å²) in [6.07, 6.45) is 0. The van der Waals surface area contributed by atoms with Crippen molar-refractivity contribution in [1.29, 1.82) is 0 Å². The normalized spacial score (nSPS) is 11.6. The van der Waals surface area contributed by atoms with Crippen LogP contribution < -0.4 is 4.90 Å². The van der Waals surface area contributed by atoms with E-state index < -0.39 is 0 Å². The Bertz CT molecular complexity index is 3970. The second-order valence-electron chi connectivity index (χ2n) is 17.2. The quantitative estimate of drug-likeness (QED) is 0.149. The van der Waals surface area contributed by atoms with Gasteiger partial charge in [0.2, 0.25) is 0 Å². The van der Waals surface area contributed by atoms with E-state index in [1.54, 1.807) is 0 Å². The van der Waals surface area contributed by atoms with Crippen molar-refractivity contribution in [2.75, 3.05) is 4.90 Å². The predicted octanol–water partition coefficient (Wildman–Crippen LogP) is 18.3. The lowest BCUT2D eigenvalue weighted by Crippen LogP contribution is -2.10. The second kappa shape index (κ2) is 15.5. The van der Waals surface area contributed by atoms with E-state index in [0.717, 1.165) is 50.1 Å². The maximum absolute atomic E-state index is 6.32. The fourth-order valence-electron chi connectivity index (χ4n) is 10.2. The lowest BCUT2D eigenvalue weighted by Gasteiger charge is -2.26. The van der Waals surface area contributed by atoms with Crippen molar-refractivity contribution in [1.82, 2.24) is 0 Å². The molecule has 0 fully saturated rings. The molecular formula is C64H41NO. The highest BCUT2D eigenvalue weighted by Crippen LogP contribution is 2.42. The number of fused-ring (bicyclic) bond motifs is 9. The van der Waals surface area contributed by atoms with Crippen molar-refractivity contribution >= 4 is 82.1 Å². The maximum Gasteiger partial charge on any atom is 0.136 e. The van der Waals surface area contributed by atoms with Gasteiger partial charge in [0.15, 0.2) is 0 Å². The highest BCUT2D eigenvalue weighted by molar-refractivity contribution is 6.14. The lowest BCUT2D eigenvalue weighted by molar-refractivity contribution is 0.669. The molecule has 1 aromatic heterocycles. The van der Waals surface area contributed by atoms with Gasteiger partial charge in [-0.2, -0.15) is 0 Å². The molecule has 1 heterocycles. The van der Waals surface area contributed by atoms with E-state index in [1.807, 2.05) is 12.1 Å². The van der Waals surface area contributed by atoms with E-state index in [9.17, 15) is 0 Å². The topological polar surface area (TPSA) is 16.4 Å². The Kier molecular flexibility index (Phi) is 8.89. The van der Waals surface area contributed by atoms with Crippen molar-refractivity contribution in [3.8, 4) is 44.5 Å². The molecule has 0 bridgehead atoms. The van der Waals surface area contributed by atoms with Gasteiger partial charge in [-0.3, -0.25) is 0 Å². The summed E-state index contributed by atoms with van der Waals surface area (Å²) in [5, 5.41) is 12.4. The molecule has 0 unspecified atom stereocenters. The Labute approximate surface area is 382 Å². The number of anilines is 3. The molecule has 13 aromatic rings. The van der Waals surface area contributed by atoms with E-state index in [-0.39, 0.29) is 0 Å². The Morgan fingerprint density at radius 1 is 0.242 bits per heavy atom. The molecule has 0 aliphatic carbocycles. The van der Waals surface area contributed by atoms with Gasteiger partial charge in [0, 0.05) is 27.8 Å². The van der Waals surface area contributed by atoms with Gasteiger partial charge in [-0.15, -0.1) is 0 Å². The molecule has 0 atom stereocenters. The number of hydrogen-bond donors (Lipinski definition) is 0. The minimum Gasteiger partial charge on any atom is -0.456 e. The summed E-state index contributed by atoms with van der Waals surface area (Å²) < 4.78 is 6.32. The average Bonchev–Trinajstić information content (AvgIpc) is 3.78. The molecule has 0 saturated carbocycles. The van der Waals surface area contributed by atoms with Crippen molar-refractivity contribution < 1.29 is 4.42 Å². The second-order valence-corrected chi connectivity index (χ2v) is 17.2. The third-order valence-corrected chi connectivity index (χ3v) is 13.5. The molecule has 12 aromatic carbocycles. The first-order valence-corrected chi connectivity index (χ1v) is 22.6. The SMILES string of the molecule is c1cc(-c2cccc3oc4ccccc4c23)cc(N(c2ccc(-c3ccc(-c4ccc5ccc6ccccc6c5c4)cc3)cc2)c2ccc(-c3cccc4c3ccc3ccccc34)cc2)c1. The highest BCUT2D eigenvalue weighted by atomic mass is 16.3. The summed E-state index contributed by atoms with van der Waals surface area (Å²) in [7, 11) is 0. The summed E-state index contributed by atoms with van der Waals surface area (Å²) in [6, 6.07) is 90.3. The Morgan fingerprint density at radius 3 is 1.48 bits per heavy atom. The lowest BCUT2D eigenvalue weighted by atomic mass is 9.94. The van der Waals surface area contributed by atoms with E-state index in [0.29, 0.717) is 0 Å². The van der Waals surface area contributed by atoms with E-state index >= 15 is 0 Å². The van der Waals surface area contributed by atoms with Gasteiger partial charge in [0.1, 0.15) is 11.2 Å². The van der Waals surface area contributed by atoms with Gasteiger partial charge >= 0.3 is 0 Å². The summed E-state index contributed by atoms with van der Waals surface area (Å²) in [4.78, 5) is 2.37. The van der Waals surface area contributed by atoms with Crippen molar-refractivity contribution in [3.05, 3.63) is 249 Å². The third-order valence-electron chi connectivity index (χ3n) is 13.5. The summed E-state index contributed by atoms with van der Waals surface area (Å²) in [5.41, 5.74) is 14.5. The first-order valence-electron chi connectivity index (χ1n) is 22.6. The minimum absolute atomic E-state index is 0.891. The highest BCUT2D eigenvalue weighted by Gasteiger charge is 2.18. The monoisotopic (exact) mass is 839 g/mol. The van der Waals surface area contributed by atoms with Crippen LogP contribution in [0, 0.1) is 0 Å². The molecule has 2 nitrogen and oxygen atoms in total. The fraction of sp³-hybridized carbons (Fsp3) is 0. The molecule has 66 heavy (non-hydrogen) atoms. The van der Waals surface area contributed by atoms with Crippen molar-refractivity contribution in [2.24, 2.45) is 0 Å². The van der Waals surface area contributed by atoms with Crippen LogP contribution in [0.2, 0.25) is 0 Å². The molecule has 13 rings (SSSR count). The van der Waals surface area contributed by atoms with Gasteiger partial charge in [-0.1, -0.05) is 194 Å². The maximum atomic E-state index is 6.32. The molecule has 0 saturated heterocycles. The van der Waals surface area contributed by atoms with Crippen LogP contribution in [-0.4, -0.2) is 0 Å². The number of furan rings is 1. The van der Waals surface area contributed by atoms with Crippen molar-refractivity contribution in [3.63, 3.8) is 0 Å². The number of nitrogens with zero attached hydrogens (tertiary/aromatic N) is 1. The number of hydrogen-bond acceptors (Lipinski definition) is 2. The zero-order valence-electron chi connectivity index (χ0n) is 36.0. The zero-order chi connectivity index (χ0) is 43.6. The van der Waals surface area contributed by atoms with Gasteiger partial charge in [-0.25, -0.2) is 0 Å². The predicted molar refractivity (Wildman–Crippen MR) is 280 cm³/mol. The van der Waals surface area contributed by atoms with Crippen LogP contribution in [0.4, 0.5) is 17.1 Å². The van der Waals surface area contributed by atoms with Crippen molar-refractivity contribution in [2.45, 2.75) is 0 Å². The van der Waals surface area contributed by atoms with Crippen LogP contribution in [0.3, 0.4) is 0 Å². The first kappa shape index (κ1) is 37.8. The molecule has 0 aliphatic rings. The molecule has 2 heteroatoms. The summed E-state index contributed by atoms with van der Waals surface area (Å²) >= 11 is 0. The Morgan fingerprint density at radius 2 is 0.742 bits per heavy atom. The summed E-state index contributed by atoms with van der Waals surface area (Å²) in [5.74, 6) is 0. The molecule has 0 radical (unpaired) electrons. The molecule has 0 spiro atoms. The smallest absolute Gasteiger partial charge is 0.136 e. The van der Waals surface area contributed by atoms with Crippen LogP contribution in [-0.2, 0) is 0 Å². The van der Waals surface area contributed by atoms with Crippen LogP contribution in [0.25, 0.3) is 110 Å². The summed E-state index contributed by atoms with van der Waals surface area (Å²) in [6.45, 7) is 0. The molecular weight excluding hydrogens is 799 g/mol. The molecule has 0 aliphatic heterocycles. The van der Waals surface area contributed by atoms with E-state index in [2.05, 4.69) is 241 Å². The minimum atomic E-state index is 0.891. The van der Waals surface area contributed by atoms with Gasteiger partial charge < -0.3 is 9.32 Å². The largest absolute Gasteiger partial charge is 0.456 e. The molecule has 0 N–H and O–H groups in total. The van der Waals surface area contributed by atoms with Gasteiger partial charge in [0.25, 0.3) is 0 Å². The van der Waals surface area contributed by atoms with Crippen LogP contribution in [0.15, 0.2) is 253 Å². The molecule has 0 amide bonds. The average molecular weight is 840 g/mol. The fourth-order valence-corrected chi connectivity index (χ4v) is 10.2. The van der Waals surface area contributed by atoms with Gasteiger partial charge in [-0.05, 0) is 142 Å². The number of para-hydroxylation sites is 1. The third kappa shape index (κ3) is 6.42. The Balaban J connectivity index is 0.880. The number of rotatable bonds is 7. The van der Waals surface area contributed by atoms with Crippen LogP contribution in [0.1, 0.15) is 0 Å². The first-order chi connectivity index (χ1) is 32.7.